The van der Waals surface area contributed by atoms with Crippen LogP contribution >= 0.6 is 0 Å². The van der Waals surface area contributed by atoms with Crippen molar-refractivity contribution in [2.75, 3.05) is 24.6 Å². The van der Waals surface area contributed by atoms with Crippen LogP contribution in [0.25, 0.3) is 11.3 Å². The molecule has 0 unspecified atom stereocenters. The molecule has 1 aromatic carbocycles. The van der Waals surface area contributed by atoms with E-state index in [0.717, 1.165) is 12.1 Å². The minimum absolute atomic E-state index is 0.0189. The zero-order valence-corrected chi connectivity index (χ0v) is 18.8. The van der Waals surface area contributed by atoms with E-state index < -0.39 is 11.6 Å². The van der Waals surface area contributed by atoms with Gasteiger partial charge in [-0.2, -0.15) is 0 Å². The van der Waals surface area contributed by atoms with E-state index in [1.807, 2.05) is 18.2 Å². The standard InChI is InChI=1S/C26H32F2N2O2/c1-2-32-25(31)15-19-10-12-30(13-11-19)26-22(27)16-20(17-23(26)28)24-9-5-8-21(29-24)14-18-6-3-4-7-18/h5,8-9,16-19H,2-4,6-7,10-15H2,1H3. The van der Waals surface area contributed by atoms with E-state index in [2.05, 4.69) is 0 Å². The van der Waals surface area contributed by atoms with Gasteiger partial charge in [0.05, 0.1) is 12.3 Å². The summed E-state index contributed by atoms with van der Waals surface area (Å²) in [6, 6.07) is 8.52. The Morgan fingerprint density at radius 2 is 1.75 bits per heavy atom. The van der Waals surface area contributed by atoms with E-state index in [9.17, 15) is 4.79 Å². The summed E-state index contributed by atoms with van der Waals surface area (Å²) < 4.78 is 35.1. The number of hydrogen-bond acceptors (Lipinski definition) is 4. The fourth-order valence-corrected chi connectivity index (χ4v) is 5.10. The van der Waals surface area contributed by atoms with Crippen molar-refractivity contribution in [1.29, 1.82) is 0 Å². The monoisotopic (exact) mass is 442 g/mol. The van der Waals surface area contributed by atoms with E-state index in [-0.39, 0.29) is 17.6 Å². The Hall–Kier alpha value is -2.50. The first-order valence-electron chi connectivity index (χ1n) is 11.9. The minimum atomic E-state index is -0.563. The summed E-state index contributed by atoms with van der Waals surface area (Å²) in [7, 11) is 0. The molecule has 1 saturated carbocycles. The number of carbonyl (C=O) groups excluding carboxylic acids is 1. The van der Waals surface area contributed by atoms with Crippen molar-refractivity contribution in [3.8, 4) is 11.3 Å². The first kappa shape index (κ1) is 22.7. The number of carbonyl (C=O) groups is 1. The summed E-state index contributed by atoms with van der Waals surface area (Å²) in [4.78, 5) is 18.1. The molecule has 2 aromatic rings. The molecule has 2 aliphatic rings. The highest BCUT2D eigenvalue weighted by Crippen LogP contribution is 2.33. The highest BCUT2D eigenvalue weighted by atomic mass is 19.1. The number of pyridine rings is 1. The van der Waals surface area contributed by atoms with Crippen LogP contribution < -0.4 is 4.90 Å². The number of rotatable bonds is 7. The van der Waals surface area contributed by atoms with Gasteiger partial charge in [-0.15, -0.1) is 0 Å². The number of anilines is 1. The predicted octanol–water partition coefficient (Wildman–Crippen LogP) is 5.93. The Bertz CT molecular complexity index is 912. The normalized spacial score (nSPS) is 17.7. The molecule has 0 N–H and O–H groups in total. The van der Waals surface area contributed by atoms with Gasteiger partial charge >= 0.3 is 5.97 Å². The van der Waals surface area contributed by atoms with E-state index >= 15 is 8.78 Å². The molecule has 172 valence electrons. The van der Waals surface area contributed by atoms with Gasteiger partial charge in [0.2, 0.25) is 0 Å². The van der Waals surface area contributed by atoms with E-state index in [4.69, 9.17) is 9.72 Å². The average Bonchev–Trinajstić information content (AvgIpc) is 3.28. The molecule has 6 heteroatoms. The largest absolute Gasteiger partial charge is 0.466 e. The van der Waals surface area contributed by atoms with E-state index in [1.54, 1.807) is 11.8 Å². The van der Waals surface area contributed by atoms with Crippen molar-refractivity contribution >= 4 is 11.7 Å². The van der Waals surface area contributed by atoms with Crippen LogP contribution in [0.3, 0.4) is 0 Å². The van der Waals surface area contributed by atoms with Gasteiger partial charge in [-0.25, -0.2) is 8.78 Å². The fourth-order valence-electron chi connectivity index (χ4n) is 5.10. The third-order valence-electron chi connectivity index (χ3n) is 6.78. The van der Waals surface area contributed by atoms with Crippen LogP contribution in [-0.4, -0.2) is 30.6 Å². The van der Waals surface area contributed by atoms with Crippen LogP contribution in [-0.2, 0) is 16.0 Å². The topological polar surface area (TPSA) is 42.4 Å². The maximum Gasteiger partial charge on any atom is 0.306 e. The molecule has 1 aliphatic heterocycles. The number of esters is 1. The average molecular weight is 443 g/mol. The van der Waals surface area contributed by atoms with Crippen LogP contribution in [0.5, 0.6) is 0 Å². The summed E-state index contributed by atoms with van der Waals surface area (Å²) in [5.41, 5.74) is 2.08. The Morgan fingerprint density at radius 1 is 1.06 bits per heavy atom. The second-order valence-corrected chi connectivity index (χ2v) is 9.10. The molecule has 2 heterocycles. The van der Waals surface area contributed by atoms with Crippen molar-refractivity contribution in [3.05, 3.63) is 47.7 Å². The lowest BCUT2D eigenvalue weighted by Gasteiger charge is -2.33. The quantitative estimate of drug-likeness (QED) is 0.499. The molecule has 1 aliphatic carbocycles. The van der Waals surface area contributed by atoms with Crippen molar-refractivity contribution in [1.82, 2.24) is 4.98 Å². The maximum absolute atomic E-state index is 15.0. The highest BCUT2D eigenvalue weighted by molar-refractivity contribution is 5.69. The number of nitrogens with zero attached hydrogens (tertiary/aromatic N) is 2. The maximum atomic E-state index is 15.0. The van der Waals surface area contributed by atoms with Gasteiger partial charge in [0.1, 0.15) is 17.3 Å². The number of hydrogen-bond donors (Lipinski definition) is 0. The predicted molar refractivity (Wildman–Crippen MR) is 121 cm³/mol. The summed E-state index contributed by atoms with van der Waals surface area (Å²) >= 11 is 0. The van der Waals surface area contributed by atoms with Gasteiger partial charge in [-0.1, -0.05) is 31.7 Å². The number of ether oxygens (including phenoxy) is 1. The zero-order valence-electron chi connectivity index (χ0n) is 18.8. The molecule has 4 nitrogen and oxygen atoms in total. The van der Waals surface area contributed by atoms with Crippen LogP contribution in [0.15, 0.2) is 30.3 Å². The van der Waals surface area contributed by atoms with Crippen LogP contribution in [0.1, 0.15) is 57.6 Å². The lowest BCUT2D eigenvalue weighted by Crippen LogP contribution is -2.35. The van der Waals surface area contributed by atoms with Crippen LogP contribution in [0.4, 0.5) is 14.5 Å². The fraction of sp³-hybridized carbons (Fsp3) is 0.538. The zero-order chi connectivity index (χ0) is 22.5. The third kappa shape index (κ3) is 5.45. The van der Waals surface area contributed by atoms with Crippen LogP contribution in [0.2, 0.25) is 0 Å². The third-order valence-corrected chi connectivity index (χ3v) is 6.78. The van der Waals surface area contributed by atoms with Gasteiger partial charge in [0.15, 0.2) is 0 Å². The van der Waals surface area contributed by atoms with Gasteiger partial charge in [0, 0.05) is 30.8 Å². The van der Waals surface area contributed by atoms with Gasteiger partial charge in [-0.05, 0) is 62.3 Å². The van der Waals surface area contributed by atoms with Crippen molar-refractivity contribution in [2.24, 2.45) is 11.8 Å². The molecule has 2 fully saturated rings. The molecule has 4 rings (SSSR count). The molecule has 0 bridgehead atoms. The molecule has 0 radical (unpaired) electrons. The number of halogens is 2. The molecule has 1 saturated heterocycles. The molecule has 32 heavy (non-hydrogen) atoms. The van der Waals surface area contributed by atoms with Crippen molar-refractivity contribution in [3.63, 3.8) is 0 Å². The smallest absolute Gasteiger partial charge is 0.306 e. The number of piperidine rings is 1. The minimum Gasteiger partial charge on any atom is -0.466 e. The van der Waals surface area contributed by atoms with Gasteiger partial charge in [0.25, 0.3) is 0 Å². The molecule has 1 aromatic heterocycles. The van der Waals surface area contributed by atoms with E-state index in [1.165, 1.54) is 37.8 Å². The van der Waals surface area contributed by atoms with Gasteiger partial charge in [-0.3, -0.25) is 9.78 Å². The molecule has 0 atom stereocenters. The molecule has 0 amide bonds. The van der Waals surface area contributed by atoms with Crippen LogP contribution in [0, 0.1) is 23.5 Å². The first-order valence-corrected chi connectivity index (χ1v) is 11.9. The molecular formula is C26H32F2N2O2. The lowest BCUT2D eigenvalue weighted by atomic mass is 9.93. The Morgan fingerprint density at radius 3 is 2.41 bits per heavy atom. The molecular weight excluding hydrogens is 410 g/mol. The second kappa shape index (κ2) is 10.4. The second-order valence-electron chi connectivity index (χ2n) is 9.10. The first-order chi connectivity index (χ1) is 15.5. The van der Waals surface area contributed by atoms with Crippen molar-refractivity contribution in [2.45, 2.75) is 58.3 Å². The summed E-state index contributed by atoms with van der Waals surface area (Å²) in [5, 5.41) is 0. The summed E-state index contributed by atoms with van der Waals surface area (Å²) in [6.45, 7) is 3.20. The number of aromatic nitrogens is 1. The molecule has 0 spiro atoms. The Balaban J connectivity index is 1.44. The van der Waals surface area contributed by atoms with E-state index in [0.29, 0.717) is 56.1 Å². The SMILES string of the molecule is CCOC(=O)CC1CCN(c2c(F)cc(-c3cccc(CC4CCCC4)n3)cc2F)CC1. The highest BCUT2D eigenvalue weighted by Gasteiger charge is 2.26. The summed E-state index contributed by atoms with van der Waals surface area (Å²) in [5.74, 6) is -0.461. The Labute approximate surface area is 189 Å². The summed E-state index contributed by atoms with van der Waals surface area (Å²) in [6.07, 6.45) is 7.76. The van der Waals surface area contributed by atoms with Crippen molar-refractivity contribution < 1.29 is 18.3 Å². The van der Waals surface area contributed by atoms with Gasteiger partial charge < -0.3 is 9.64 Å². The lowest BCUT2D eigenvalue weighted by molar-refractivity contribution is -0.144. The Kier molecular flexibility index (Phi) is 7.38. The number of benzene rings is 1.